The maximum absolute atomic E-state index is 13.5. The SMILES string of the molecule is CC(C)c1cc(C(=O)N2Cc3ccc(CN4CCC(C(=O)Nc5cccc(Sc6ncc(N7CCC8(CCC[C@H]8N)CC7)nc6N)c5Cl)CC4)cc3C2)c(O)cc1O. The number of phenols is 2. The van der Waals surface area contributed by atoms with Gasteiger partial charge in [-0.05, 0) is 103 Å². The fourth-order valence-electron chi connectivity index (χ4n) is 9.31. The van der Waals surface area contributed by atoms with Crippen LogP contribution in [0.4, 0.5) is 17.3 Å². The number of carbonyl (C=O) groups is 2. The van der Waals surface area contributed by atoms with Crippen molar-refractivity contribution in [1.29, 1.82) is 0 Å². The van der Waals surface area contributed by atoms with Crippen LogP contribution in [0.5, 0.6) is 11.5 Å². The lowest BCUT2D eigenvalue weighted by Gasteiger charge is -2.42. The molecule has 0 radical (unpaired) electrons. The van der Waals surface area contributed by atoms with Gasteiger partial charge < -0.3 is 36.8 Å². The van der Waals surface area contributed by atoms with Crippen LogP contribution in [0.3, 0.4) is 0 Å². The van der Waals surface area contributed by atoms with Crippen LogP contribution in [-0.4, -0.2) is 74.0 Å². The largest absolute Gasteiger partial charge is 0.508 e. The second-order valence-electron chi connectivity index (χ2n) is 16.9. The number of benzene rings is 3. The van der Waals surface area contributed by atoms with Crippen LogP contribution < -0.4 is 21.7 Å². The van der Waals surface area contributed by atoms with Gasteiger partial charge in [-0.3, -0.25) is 14.5 Å². The molecule has 1 aliphatic carbocycles. The molecule has 1 spiro atoms. The Labute approximate surface area is 349 Å². The Morgan fingerprint density at radius 1 is 0.983 bits per heavy atom. The first kappa shape index (κ1) is 40.2. The Balaban J connectivity index is 0.825. The Bertz CT molecular complexity index is 2200. The van der Waals surface area contributed by atoms with E-state index in [1.54, 1.807) is 17.2 Å². The van der Waals surface area contributed by atoms with E-state index in [1.807, 2.05) is 32.0 Å². The van der Waals surface area contributed by atoms with E-state index in [-0.39, 0.29) is 46.1 Å². The zero-order valence-corrected chi connectivity index (χ0v) is 34.8. The molecule has 0 bridgehead atoms. The molecule has 1 saturated carbocycles. The van der Waals surface area contributed by atoms with Gasteiger partial charge in [0.2, 0.25) is 5.91 Å². The molecule has 1 atom stereocenters. The first-order valence-corrected chi connectivity index (χ1v) is 21.7. The molecule has 4 aromatic rings. The average Bonchev–Trinajstić information content (AvgIpc) is 3.79. The van der Waals surface area contributed by atoms with Crippen molar-refractivity contribution in [2.75, 3.05) is 42.1 Å². The van der Waals surface area contributed by atoms with Crippen molar-refractivity contribution >= 4 is 52.5 Å². The fourth-order valence-corrected chi connectivity index (χ4v) is 10.4. The molecular formula is C44H53ClN8O4S. The molecule has 58 heavy (non-hydrogen) atoms. The van der Waals surface area contributed by atoms with E-state index < -0.39 is 0 Å². The minimum absolute atomic E-state index is 0.00621. The highest BCUT2D eigenvalue weighted by molar-refractivity contribution is 7.99. The predicted octanol–water partition coefficient (Wildman–Crippen LogP) is 7.50. The number of nitrogen functional groups attached to an aromatic ring is 1. The second kappa shape index (κ2) is 16.6. The highest BCUT2D eigenvalue weighted by Crippen LogP contribution is 2.46. The van der Waals surface area contributed by atoms with Gasteiger partial charge in [-0.2, -0.15) is 0 Å². The maximum atomic E-state index is 13.5. The second-order valence-corrected chi connectivity index (χ2v) is 18.3. The molecule has 0 unspecified atom stereocenters. The molecule has 2 amide bonds. The number of anilines is 3. The number of hydrogen-bond acceptors (Lipinski definition) is 11. The molecule has 4 aliphatic rings. The highest BCUT2D eigenvalue weighted by atomic mass is 35.5. The van der Waals surface area contributed by atoms with Crippen LogP contribution in [0, 0.1) is 11.3 Å². The van der Waals surface area contributed by atoms with Gasteiger partial charge >= 0.3 is 0 Å². The monoisotopic (exact) mass is 824 g/mol. The number of rotatable bonds is 9. The standard InChI is InChI=1S/C44H53ClN8O4S/c1-26(2)31-20-32(35(55)21-34(31)54)43(57)53-24-29-9-8-27(19-30(29)25-53)23-51-15-10-28(11-16-51)41(56)49-33-5-3-6-36(39(33)45)58-42-40(47)50-38(22-48-42)52-17-13-44(14-18-52)12-4-7-37(44)46/h3,5-6,8-9,19-22,26,28,37,54-55H,4,7,10-18,23-25,46H2,1-2H3,(H2,47,50)(H,49,56)/t37-/m1/s1. The molecule has 1 aromatic heterocycles. The van der Waals surface area contributed by atoms with Crippen molar-refractivity contribution < 1.29 is 19.8 Å². The molecule has 14 heteroatoms. The number of hydrogen-bond donors (Lipinski definition) is 5. The van der Waals surface area contributed by atoms with Gasteiger partial charge in [0, 0.05) is 55.6 Å². The number of phenolic OH excluding ortho intramolecular Hbond substituents is 2. The molecule has 7 N–H and O–H groups in total. The topological polar surface area (TPSA) is 174 Å². The molecule has 3 fully saturated rings. The molecular weight excluding hydrogens is 772 g/mol. The van der Waals surface area contributed by atoms with Gasteiger partial charge in [0.25, 0.3) is 5.91 Å². The van der Waals surface area contributed by atoms with Crippen molar-refractivity contribution in [1.82, 2.24) is 19.8 Å². The van der Waals surface area contributed by atoms with Gasteiger partial charge in [0.05, 0.1) is 22.5 Å². The van der Waals surface area contributed by atoms with Gasteiger partial charge in [-0.25, -0.2) is 9.97 Å². The van der Waals surface area contributed by atoms with Crippen molar-refractivity contribution in [2.24, 2.45) is 17.1 Å². The van der Waals surface area contributed by atoms with Crippen molar-refractivity contribution in [3.05, 3.63) is 87.6 Å². The van der Waals surface area contributed by atoms with Crippen molar-refractivity contribution in [2.45, 2.75) is 100 Å². The fraction of sp³-hybridized carbons (Fsp3) is 0.455. The van der Waals surface area contributed by atoms with Gasteiger partial charge in [-0.15, -0.1) is 0 Å². The highest BCUT2D eigenvalue weighted by Gasteiger charge is 2.43. The molecule has 3 aliphatic heterocycles. The quantitative estimate of drug-likeness (QED) is 0.113. The summed E-state index contributed by atoms with van der Waals surface area (Å²) in [5, 5.41) is 24.8. The van der Waals surface area contributed by atoms with E-state index >= 15 is 0 Å². The number of piperidine rings is 2. The van der Waals surface area contributed by atoms with E-state index in [1.165, 1.54) is 30.7 Å². The number of aromatic hydroxyl groups is 2. The first-order chi connectivity index (χ1) is 27.9. The summed E-state index contributed by atoms with van der Waals surface area (Å²) in [6.07, 6.45) is 8.92. The minimum atomic E-state index is -0.260. The average molecular weight is 825 g/mol. The molecule has 12 nitrogen and oxygen atoms in total. The summed E-state index contributed by atoms with van der Waals surface area (Å²) < 4.78 is 0. The third kappa shape index (κ3) is 8.19. The van der Waals surface area contributed by atoms with E-state index in [2.05, 4.69) is 38.3 Å². The number of nitrogens with zero attached hydrogens (tertiary/aromatic N) is 5. The van der Waals surface area contributed by atoms with Gasteiger partial charge in [0.1, 0.15) is 22.3 Å². The number of nitrogens with one attached hydrogen (secondary N) is 1. The minimum Gasteiger partial charge on any atom is -0.508 e. The molecule has 8 rings (SSSR count). The normalized spacial score (nSPS) is 19.6. The zero-order chi connectivity index (χ0) is 40.7. The summed E-state index contributed by atoms with van der Waals surface area (Å²) >= 11 is 8.20. The smallest absolute Gasteiger partial charge is 0.258 e. The summed E-state index contributed by atoms with van der Waals surface area (Å²) in [5.41, 5.74) is 17.9. The van der Waals surface area contributed by atoms with E-state index in [0.29, 0.717) is 46.2 Å². The lowest BCUT2D eigenvalue weighted by Crippen LogP contribution is -2.47. The zero-order valence-electron chi connectivity index (χ0n) is 33.2. The van der Waals surface area contributed by atoms with Crippen LogP contribution >= 0.6 is 23.4 Å². The van der Waals surface area contributed by atoms with Crippen LogP contribution in [0.25, 0.3) is 0 Å². The first-order valence-electron chi connectivity index (χ1n) is 20.5. The maximum Gasteiger partial charge on any atom is 0.258 e. The van der Waals surface area contributed by atoms with Crippen molar-refractivity contribution in [3.63, 3.8) is 0 Å². The summed E-state index contributed by atoms with van der Waals surface area (Å²) in [4.78, 5) is 43.4. The van der Waals surface area contributed by atoms with E-state index in [9.17, 15) is 19.8 Å². The summed E-state index contributed by atoms with van der Waals surface area (Å²) in [6, 6.07) is 15.1. The van der Waals surface area contributed by atoms with E-state index in [0.717, 1.165) is 92.2 Å². The third-order valence-electron chi connectivity index (χ3n) is 12.9. The molecule has 306 valence electrons. The van der Waals surface area contributed by atoms with E-state index in [4.69, 9.17) is 28.1 Å². The molecule has 4 heterocycles. The molecule has 3 aromatic carbocycles. The number of halogens is 1. The third-order valence-corrected chi connectivity index (χ3v) is 14.5. The Morgan fingerprint density at radius 3 is 2.45 bits per heavy atom. The summed E-state index contributed by atoms with van der Waals surface area (Å²) in [6.45, 7) is 8.89. The van der Waals surface area contributed by atoms with Crippen LogP contribution in [0.2, 0.25) is 5.02 Å². The van der Waals surface area contributed by atoms with Gasteiger partial charge in [-0.1, -0.05) is 67.9 Å². The number of likely N-dealkylation sites (tertiary alicyclic amines) is 1. The lowest BCUT2D eigenvalue weighted by molar-refractivity contribution is -0.121. The Kier molecular flexibility index (Phi) is 11.5. The van der Waals surface area contributed by atoms with Crippen LogP contribution in [0.15, 0.2) is 64.6 Å². The number of aromatic nitrogens is 2. The van der Waals surface area contributed by atoms with Crippen LogP contribution in [-0.2, 0) is 24.4 Å². The number of fused-ring (bicyclic) bond motifs is 1. The molecule has 2 saturated heterocycles. The number of nitrogens with two attached hydrogens (primary N) is 2. The number of carbonyl (C=O) groups excluding carboxylic acids is 2. The predicted molar refractivity (Wildman–Crippen MR) is 228 cm³/mol. The Hall–Kier alpha value is -4.56. The van der Waals surface area contributed by atoms with Crippen molar-refractivity contribution in [3.8, 4) is 11.5 Å². The van der Waals surface area contributed by atoms with Gasteiger partial charge in [0.15, 0.2) is 5.82 Å². The summed E-state index contributed by atoms with van der Waals surface area (Å²) in [7, 11) is 0. The Morgan fingerprint density at radius 2 is 1.74 bits per heavy atom. The lowest BCUT2D eigenvalue weighted by atomic mass is 9.74. The van der Waals surface area contributed by atoms with Crippen LogP contribution in [0.1, 0.15) is 97.3 Å². The summed E-state index contributed by atoms with van der Waals surface area (Å²) in [5.74, 6) is 0.463. The number of amides is 2.